The number of nitrogens with zero attached hydrogens (tertiary/aromatic N) is 3. The lowest BCUT2D eigenvalue weighted by molar-refractivity contribution is -0.145. The molecule has 1 aliphatic heterocycles. The van der Waals surface area contributed by atoms with Gasteiger partial charge in [-0.05, 0) is 13.3 Å². The molecule has 1 aliphatic rings. The van der Waals surface area contributed by atoms with E-state index in [2.05, 4.69) is 6.92 Å². The van der Waals surface area contributed by atoms with Gasteiger partial charge in [-0.1, -0.05) is 6.92 Å². The van der Waals surface area contributed by atoms with Gasteiger partial charge >= 0.3 is 0 Å². The summed E-state index contributed by atoms with van der Waals surface area (Å²) in [6.07, 6.45) is 2.68. The van der Waals surface area contributed by atoms with Crippen molar-refractivity contribution in [3.05, 3.63) is 0 Å². The highest BCUT2D eigenvalue weighted by molar-refractivity contribution is 5.48. The van der Waals surface area contributed by atoms with E-state index < -0.39 is 0 Å². The Labute approximate surface area is 90.6 Å². The maximum atomic E-state index is 11.0. The van der Waals surface area contributed by atoms with Crippen molar-refractivity contribution < 1.29 is 9.59 Å². The van der Waals surface area contributed by atoms with Crippen LogP contribution >= 0.6 is 0 Å². The Bertz CT molecular complexity index is 215. The van der Waals surface area contributed by atoms with Crippen molar-refractivity contribution in [2.45, 2.75) is 26.3 Å². The van der Waals surface area contributed by atoms with Crippen LogP contribution in [-0.2, 0) is 9.59 Å². The molecule has 0 aliphatic carbocycles. The van der Waals surface area contributed by atoms with Crippen LogP contribution in [0.15, 0.2) is 0 Å². The highest BCUT2D eigenvalue weighted by Crippen LogP contribution is 2.08. The fourth-order valence-electron chi connectivity index (χ4n) is 1.68. The minimum absolute atomic E-state index is 0.227. The molecule has 0 N–H and O–H groups in total. The van der Waals surface area contributed by atoms with E-state index in [1.807, 2.05) is 11.9 Å². The summed E-state index contributed by atoms with van der Waals surface area (Å²) in [6.45, 7) is 6.96. The standard InChI is InChI=1S/C10H19N3O2/c1-3-10(2)13(9-15)12-6-4-11(8-14)5-7-12/h8-10H,3-7H2,1-2H3. The third kappa shape index (κ3) is 2.92. The molecular weight excluding hydrogens is 194 g/mol. The summed E-state index contributed by atoms with van der Waals surface area (Å²) in [5.74, 6) is 0. The molecule has 0 bridgehead atoms. The lowest BCUT2D eigenvalue weighted by Crippen LogP contribution is -2.55. The number of piperazine rings is 1. The average Bonchev–Trinajstić information content (AvgIpc) is 2.30. The fraction of sp³-hybridized carbons (Fsp3) is 0.800. The van der Waals surface area contributed by atoms with Crippen LogP contribution < -0.4 is 0 Å². The van der Waals surface area contributed by atoms with Crippen molar-refractivity contribution in [1.82, 2.24) is 14.9 Å². The molecule has 0 spiro atoms. The fourth-order valence-corrected chi connectivity index (χ4v) is 1.68. The molecule has 1 saturated heterocycles. The number of hydrogen-bond acceptors (Lipinski definition) is 3. The first-order valence-electron chi connectivity index (χ1n) is 5.40. The molecule has 5 nitrogen and oxygen atoms in total. The third-order valence-corrected chi connectivity index (χ3v) is 2.92. The number of amides is 2. The molecule has 0 saturated carbocycles. The van der Waals surface area contributed by atoms with Crippen LogP contribution in [0, 0.1) is 0 Å². The van der Waals surface area contributed by atoms with Crippen molar-refractivity contribution in [2.24, 2.45) is 0 Å². The summed E-state index contributed by atoms with van der Waals surface area (Å²) < 4.78 is 0. The van der Waals surface area contributed by atoms with Gasteiger partial charge in [0.2, 0.25) is 12.8 Å². The van der Waals surface area contributed by atoms with Gasteiger partial charge in [-0.2, -0.15) is 0 Å². The highest BCUT2D eigenvalue weighted by Gasteiger charge is 2.22. The molecule has 2 amide bonds. The number of carbonyl (C=O) groups is 2. The summed E-state index contributed by atoms with van der Waals surface area (Å²) in [5.41, 5.74) is 0. The lowest BCUT2D eigenvalue weighted by atomic mass is 10.2. The predicted molar refractivity (Wildman–Crippen MR) is 56.9 cm³/mol. The molecule has 1 fully saturated rings. The van der Waals surface area contributed by atoms with Gasteiger partial charge in [-0.15, -0.1) is 0 Å². The molecule has 1 heterocycles. The van der Waals surface area contributed by atoms with E-state index in [0.717, 1.165) is 32.3 Å². The average molecular weight is 213 g/mol. The highest BCUT2D eigenvalue weighted by atomic mass is 16.2. The summed E-state index contributed by atoms with van der Waals surface area (Å²) in [6, 6.07) is 0.227. The smallest absolute Gasteiger partial charge is 0.224 e. The molecule has 1 atom stereocenters. The Morgan fingerprint density at radius 3 is 2.27 bits per heavy atom. The normalized spacial score (nSPS) is 19.7. The first-order chi connectivity index (χ1) is 7.22. The number of hydrazine groups is 1. The van der Waals surface area contributed by atoms with Gasteiger partial charge in [0.15, 0.2) is 0 Å². The van der Waals surface area contributed by atoms with Gasteiger partial charge < -0.3 is 4.90 Å². The van der Waals surface area contributed by atoms with E-state index in [9.17, 15) is 9.59 Å². The van der Waals surface area contributed by atoms with Crippen LogP contribution in [0.5, 0.6) is 0 Å². The Hall–Kier alpha value is -1.10. The number of rotatable bonds is 5. The van der Waals surface area contributed by atoms with E-state index in [1.54, 1.807) is 9.91 Å². The molecule has 1 rings (SSSR count). The van der Waals surface area contributed by atoms with Gasteiger partial charge in [0.25, 0.3) is 0 Å². The predicted octanol–water partition coefficient (Wildman–Crippen LogP) is -0.0677. The van der Waals surface area contributed by atoms with Gasteiger partial charge in [-0.3, -0.25) is 14.6 Å². The Kier molecular flexibility index (Phi) is 4.55. The maximum absolute atomic E-state index is 11.0. The van der Waals surface area contributed by atoms with Gasteiger partial charge in [-0.25, -0.2) is 5.01 Å². The Morgan fingerprint density at radius 1 is 1.27 bits per heavy atom. The topological polar surface area (TPSA) is 43.9 Å². The Morgan fingerprint density at radius 2 is 1.87 bits per heavy atom. The summed E-state index contributed by atoms with van der Waals surface area (Å²) >= 11 is 0. The molecule has 0 radical (unpaired) electrons. The van der Waals surface area contributed by atoms with Crippen molar-refractivity contribution in [3.63, 3.8) is 0 Å². The quantitative estimate of drug-likeness (QED) is 0.601. The van der Waals surface area contributed by atoms with E-state index in [-0.39, 0.29) is 6.04 Å². The third-order valence-electron chi connectivity index (χ3n) is 2.92. The Balaban J connectivity index is 2.49. The van der Waals surface area contributed by atoms with Crippen LogP contribution in [0.4, 0.5) is 0 Å². The molecular formula is C10H19N3O2. The van der Waals surface area contributed by atoms with Gasteiger partial charge in [0.1, 0.15) is 0 Å². The largest absolute Gasteiger partial charge is 0.343 e. The monoisotopic (exact) mass is 213 g/mol. The first kappa shape index (κ1) is 12.0. The van der Waals surface area contributed by atoms with E-state index in [0.29, 0.717) is 13.1 Å². The van der Waals surface area contributed by atoms with Crippen LogP contribution in [0.2, 0.25) is 0 Å². The van der Waals surface area contributed by atoms with Crippen molar-refractivity contribution >= 4 is 12.8 Å². The van der Waals surface area contributed by atoms with Gasteiger partial charge in [0.05, 0.1) is 0 Å². The van der Waals surface area contributed by atoms with E-state index in [1.165, 1.54) is 0 Å². The second kappa shape index (κ2) is 5.70. The summed E-state index contributed by atoms with van der Waals surface area (Å²) in [4.78, 5) is 23.2. The molecule has 0 aromatic heterocycles. The minimum atomic E-state index is 0.227. The number of hydrogen-bond donors (Lipinski definition) is 0. The van der Waals surface area contributed by atoms with Crippen LogP contribution in [0.25, 0.3) is 0 Å². The van der Waals surface area contributed by atoms with Crippen molar-refractivity contribution in [3.8, 4) is 0 Å². The van der Waals surface area contributed by atoms with Crippen LogP contribution in [0.3, 0.4) is 0 Å². The lowest BCUT2D eigenvalue weighted by Gasteiger charge is -2.40. The molecule has 1 unspecified atom stereocenters. The van der Waals surface area contributed by atoms with Gasteiger partial charge in [0, 0.05) is 32.2 Å². The van der Waals surface area contributed by atoms with Crippen LogP contribution in [0.1, 0.15) is 20.3 Å². The van der Waals surface area contributed by atoms with E-state index in [4.69, 9.17) is 0 Å². The SMILES string of the molecule is CCC(C)N(C=O)N1CCN(C=O)CC1. The first-order valence-corrected chi connectivity index (χ1v) is 5.40. The zero-order chi connectivity index (χ0) is 11.3. The zero-order valence-corrected chi connectivity index (χ0v) is 9.43. The minimum Gasteiger partial charge on any atom is -0.343 e. The molecule has 5 heteroatoms. The molecule has 0 aromatic carbocycles. The van der Waals surface area contributed by atoms with Crippen LogP contribution in [-0.4, -0.2) is 60.0 Å². The molecule has 86 valence electrons. The summed E-state index contributed by atoms with van der Waals surface area (Å²) in [7, 11) is 0. The van der Waals surface area contributed by atoms with E-state index >= 15 is 0 Å². The molecule has 0 aromatic rings. The van der Waals surface area contributed by atoms with Crippen molar-refractivity contribution in [2.75, 3.05) is 26.2 Å². The zero-order valence-electron chi connectivity index (χ0n) is 9.43. The second-order valence-corrected chi connectivity index (χ2v) is 3.84. The molecule has 15 heavy (non-hydrogen) atoms. The maximum Gasteiger partial charge on any atom is 0.224 e. The summed E-state index contributed by atoms with van der Waals surface area (Å²) in [5, 5.41) is 3.75. The number of carbonyl (C=O) groups excluding carboxylic acids is 2. The second-order valence-electron chi connectivity index (χ2n) is 3.84. The van der Waals surface area contributed by atoms with Crippen molar-refractivity contribution in [1.29, 1.82) is 0 Å².